The van der Waals surface area contributed by atoms with Gasteiger partial charge in [-0.2, -0.15) is 9.59 Å². The smallest absolute Gasteiger partial charge is 0.338 e. The van der Waals surface area contributed by atoms with E-state index >= 15 is 0 Å². The minimum atomic E-state index is -1.02. The van der Waals surface area contributed by atoms with Gasteiger partial charge >= 0.3 is 5.97 Å². The van der Waals surface area contributed by atoms with E-state index in [0.717, 1.165) is 41.0 Å². The Hall–Kier alpha value is -6.20. The molecule has 2 aliphatic heterocycles. The summed E-state index contributed by atoms with van der Waals surface area (Å²) in [6, 6.07) is 3.43. The molecule has 1 amide bonds. The zero-order chi connectivity index (χ0) is 37.9. The van der Waals surface area contributed by atoms with Gasteiger partial charge in [-0.15, -0.1) is 43.1 Å². The quantitative estimate of drug-likeness (QED) is 0.0974. The standard InChI is InChI=1S/C16H12F2N4O4S.C15H11F2N5O4S/c1-24-16(23)8-4-10(17)9(11(18)5-8)6-22-20-15(19-21-22)14-13-12(7-27-14)25-2-3-26-13;16-9-3-7(15(23)20-24)4-10(17)8(9)5-22-19-14(18-21-22)13-12-11(6-27-13)25-1-2-26-12/h4-5,7H,2-3,6H2,1H3;3-4,6,24H,1-2,5H2,(H,20,23). The number of aromatic nitrogens is 8. The summed E-state index contributed by atoms with van der Waals surface area (Å²) in [5.74, 6) is -2.86. The molecule has 6 aromatic rings. The van der Waals surface area contributed by atoms with Gasteiger partial charge in [0.05, 0.1) is 25.8 Å². The first-order valence-electron chi connectivity index (χ1n) is 15.4. The predicted octanol–water partition coefficient (Wildman–Crippen LogP) is 3.90. The summed E-state index contributed by atoms with van der Waals surface area (Å²) in [6.07, 6.45) is 0. The van der Waals surface area contributed by atoms with Crippen molar-refractivity contribution in [1.29, 1.82) is 0 Å². The van der Waals surface area contributed by atoms with Crippen LogP contribution in [0.5, 0.6) is 23.0 Å². The fraction of sp³-hybridized carbons (Fsp3) is 0.226. The summed E-state index contributed by atoms with van der Waals surface area (Å²) in [4.78, 5) is 26.0. The highest BCUT2D eigenvalue weighted by Gasteiger charge is 2.25. The Morgan fingerprint density at radius 2 is 1.17 bits per heavy atom. The van der Waals surface area contributed by atoms with Crippen LogP contribution in [0.15, 0.2) is 35.0 Å². The van der Waals surface area contributed by atoms with Crippen LogP contribution in [0.3, 0.4) is 0 Å². The number of amides is 1. The van der Waals surface area contributed by atoms with Gasteiger partial charge in [0.15, 0.2) is 23.0 Å². The molecular weight excluding hydrogens is 767 g/mol. The number of hydrogen-bond acceptors (Lipinski definition) is 16. The first-order valence-corrected chi connectivity index (χ1v) is 17.2. The second kappa shape index (κ2) is 15.4. The lowest BCUT2D eigenvalue weighted by atomic mass is 10.1. The summed E-state index contributed by atoms with van der Waals surface area (Å²) in [5, 5.41) is 35.8. The maximum absolute atomic E-state index is 14.2. The number of esters is 1. The first kappa shape index (κ1) is 36.2. The lowest BCUT2D eigenvalue weighted by Crippen LogP contribution is -2.19. The molecule has 0 atom stereocenters. The normalized spacial score (nSPS) is 12.9. The molecule has 17 nitrogen and oxygen atoms in total. The summed E-state index contributed by atoms with van der Waals surface area (Å²) in [7, 11) is 1.13. The number of rotatable bonds is 8. The van der Waals surface area contributed by atoms with Crippen molar-refractivity contribution in [2.24, 2.45) is 0 Å². The second-order valence-electron chi connectivity index (χ2n) is 11.0. The molecule has 0 radical (unpaired) electrons. The average molecular weight is 790 g/mol. The van der Waals surface area contributed by atoms with Crippen molar-refractivity contribution in [2.45, 2.75) is 13.1 Å². The van der Waals surface area contributed by atoms with Crippen molar-refractivity contribution >= 4 is 34.6 Å². The molecule has 0 saturated carbocycles. The Morgan fingerprint density at radius 3 is 1.59 bits per heavy atom. The van der Waals surface area contributed by atoms with Crippen LogP contribution >= 0.6 is 22.7 Å². The van der Waals surface area contributed by atoms with Crippen LogP contribution in [0.25, 0.3) is 21.4 Å². The number of methoxy groups -OCH3 is 1. The number of nitrogens with one attached hydrogen (secondary N) is 1. The Balaban J connectivity index is 0.000000167. The summed E-state index contributed by atoms with van der Waals surface area (Å²) < 4.78 is 83.3. The highest BCUT2D eigenvalue weighted by atomic mass is 32.1. The second-order valence-corrected chi connectivity index (χ2v) is 12.7. The van der Waals surface area contributed by atoms with Gasteiger partial charge in [-0.3, -0.25) is 10.0 Å². The van der Waals surface area contributed by atoms with E-state index in [-0.39, 0.29) is 47.0 Å². The van der Waals surface area contributed by atoms with E-state index in [2.05, 4.69) is 35.6 Å². The SMILES string of the molecule is COC(=O)c1cc(F)c(Cn2nnc(-c3scc4c3OCCO4)n2)c(F)c1.O=C(NO)c1cc(F)c(Cn2nnc(-c3scc4c3OCCO4)n2)c(F)c1. The highest BCUT2D eigenvalue weighted by Crippen LogP contribution is 2.45. The van der Waals surface area contributed by atoms with Crippen LogP contribution in [0, 0.1) is 23.3 Å². The van der Waals surface area contributed by atoms with E-state index in [9.17, 15) is 27.2 Å². The lowest BCUT2D eigenvalue weighted by molar-refractivity contribution is 0.0599. The molecule has 0 bridgehead atoms. The van der Waals surface area contributed by atoms with Crippen molar-refractivity contribution < 1.29 is 56.0 Å². The number of halogens is 4. The van der Waals surface area contributed by atoms with Gasteiger partial charge < -0.3 is 23.7 Å². The molecule has 8 rings (SSSR count). The number of carbonyl (C=O) groups excluding carboxylic acids is 2. The molecule has 0 unspecified atom stereocenters. The summed E-state index contributed by atoms with van der Waals surface area (Å²) >= 11 is 2.63. The first-order chi connectivity index (χ1) is 26.1. The van der Waals surface area contributed by atoms with E-state index in [0.29, 0.717) is 59.2 Å². The molecular formula is C31H23F4N9O8S2. The molecule has 4 aromatic heterocycles. The van der Waals surface area contributed by atoms with Gasteiger partial charge in [0.2, 0.25) is 11.6 Å². The number of hydrogen-bond donors (Lipinski definition) is 2. The molecule has 2 aromatic carbocycles. The average Bonchev–Trinajstić information content (AvgIpc) is 4.00. The van der Waals surface area contributed by atoms with Crippen LogP contribution in [0.2, 0.25) is 0 Å². The van der Waals surface area contributed by atoms with Gasteiger partial charge in [0.25, 0.3) is 5.91 Å². The van der Waals surface area contributed by atoms with Crippen LogP contribution in [0.4, 0.5) is 17.6 Å². The van der Waals surface area contributed by atoms with E-state index in [1.54, 1.807) is 10.8 Å². The molecule has 2 aliphatic rings. The van der Waals surface area contributed by atoms with Crippen LogP contribution in [-0.4, -0.2) is 91.0 Å². The molecule has 0 fully saturated rings. The molecule has 23 heteroatoms. The molecule has 54 heavy (non-hydrogen) atoms. The third kappa shape index (κ3) is 7.35. The number of hydroxylamine groups is 1. The topological polar surface area (TPSA) is 200 Å². The minimum Gasteiger partial charge on any atom is -0.485 e. The summed E-state index contributed by atoms with van der Waals surface area (Å²) in [5.41, 5.74) is 0.105. The molecule has 0 aliphatic carbocycles. The Morgan fingerprint density at radius 1 is 0.741 bits per heavy atom. The maximum Gasteiger partial charge on any atom is 0.338 e. The molecule has 280 valence electrons. The van der Waals surface area contributed by atoms with E-state index in [4.69, 9.17) is 24.2 Å². The molecule has 6 heterocycles. The van der Waals surface area contributed by atoms with Crippen molar-refractivity contribution in [3.63, 3.8) is 0 Å². The predicted molar refractivity (Wildman–Crippen MR) is 176 cm³/mol. The molecule has 2 N–H and O–H groups in total. The number of benzene rings is 2. The Labute approximate surface area is 307 Å². The third-order valence-corrected chi connectivity index (χ3v) is 9.45. The zero-order valence-corrected chi connectivity index (χ0v) is 29.1. The molecule has 0 saturated heterocycles. The van der Waals surface area contributed by atoms with Crippen molar-refractivity contribution in [3.8, 4) is 44.4 Å². The number of fused-ring (bicyclic) bond motifs is 2. The number of thiophene rings is 2. The van der Waals surface area contributed by atoms with Crippen LogP contribution < -0.4 is 24.4 Å². The lowest BCUT2D eigenvalue weighted by Gasteiger charge is -2.15. The van der Waals surface area contributed by atoms with E-state index in [1.165, 1.54) is 28.2 Å². The van der Waals surface area contributed by atoms with Gasteiger partial charge in [-0.05, 0) is 34.7 Å². The van der Waals surface area contributed by atoms with Gasteiger partial charge in [0.1, 0.15) is 59.5 Å². The number of carbonyl (C=O) groups is 2. The third-order valence-electron chi connectivity index (χ3n) is 7.58. The number of ether oxygens (including phenoxy) is 5. The minimum absolute atomic E-state index is 0.217. The summed E-state index contributed by atoms with van der Waals surface area (Å²) in [6.45, 7) is 1.09. The number of tetrazole rings is 2. The van der Waals surface area contributed by atoms with E-state index < -0.39 is 35.1 Å². The zero-order valence-electron chi connectivity index (χ0n) is 27.4. The van der Waals surface area contributed by atoms with Crippen molar-refractivity contribution in [1.82, 2.24) is 45.9 Å². The van der Waals surface area contributed by atoms with Gasteiger partial charge in [0, 0.05) is 27.5 Å². The van der Waals surface area contributed by atoms with Crippen LogP contribution in [-0.2, 0) is 17.8 Å². The van der Waals surface area contributed by atoms with Crippen LogP contribution in [0.1, 0.15) is 31.8 Å². The number of nitrogens with zero attached hydrogens (tertiary/aromatic N) is 8. The maximum atomic E-state index is 14.2. The fourth-order valence-electron chi connectivity index (χ4n) is 5.06. The monoisotopic (exact) mass is 789 g/mol. The Kier molecular flexibility index (Phi) is 10.3. The van der Waals surface area contributed by atoms with Gasteiger partial charge in [-0.1, -0.05) is 0 Å². The van der Waals surface area contributed by atoms with Gasteiger partial charge in [-0.25, -0.2) is 27.8 Å². The Bertz CT molecular complexity index is 2160. The fourth-order valence-corrected chi connectivity index (χ4v) is 6.77. The molecule has 0 spiro atoms. The van der Waals surface area contributed by atoms with E-state index in [1.807, 2.05) is 0 Å². The largest absolute Gasteiger partial charge is 0.485 e. The highest BCUT2D eigenvalue weighted by molar-refractivity contribution is 7.14. The van der Waals surface area contributed by atoms with Crippen molar-refractivity contribution in [2.75, 3.05) is 33.5 Å². The van der Waals surface area contributed by atoms with Crippen molar-refractivity contribution in [3.05, 3.63) is 80.5 Å².